The molecule has 0 unspecified atom stereocenters. The Morgan fingerprint density at radius 2 is 0.468 bits per heavy atom. The summed E-state index contributed by atoms with van der Waals surface area (Å²) in [6.45, 7) is 43.6. The summed E-state index contributed by atoms with van der Waals surface area (Å²) in [5, 5.41) is 0. The molecule has 462 valence electrons. The summed E-state index contributed by atoms with van der Waals surface area (Å²) in [4.78, 5) is 141. The van der Waals surface area contributed by atoms with E-state index in [1.54, 1.807) is 48.5 Å². The average molecular weight is 1140 g/mol. The van der Waals surface area contributed by atoms with Crippen molar-refractivity contribution in [3.8, 4) is 0 Å². The van der Waals surface area contributed by atoms with E-state index in [0.29, 0.717) is 12.8 Å². The minimum atomic E-state index is -1.62. The lowest BCUT2D eigenvalue weighted by molar-refractivity contribution is -0.183. The first-order valence-corrected chi connectivity index (χ1v) is 27.6. The molecule has 0 aliphatic rings. The molecule has 0 aliphatic carbocycles. The van der Waals surface area contributed by atoms with Gasteiger partial charge in [0.05, 0.1) is 31.8 Å². The largest absolute Gasteiger partial charge is 0.465 e. The number of hydrogen-bond donors (Lipinski definition) is 0. The molecule has 0 spiro atoms. The molecular weight excluding hydrogens is 1030 g/mol. The van der Waals surface area contributed by atoms with Crippen LogP contribution in [0.1, 0.15) is 206 Å². The van der Waals surface area contributed by atoms with Crippen LogP contribution in [0.5, 0.6) is 0 Å². The number of ether oxygens (including phenoxy) is 8. The molecule has 0 aliphatic heterocycles. The SMILES string of the molecule is CC.CC.CC(=O)OCC(CC(C)C)(C(C)=O)C(C)=O.CC(=O)OCC(CC(C)C)(C(C)=O)C(C)=O.CCOC(=O)C(COC(=O)C(C)(C)C)(CC(C)C)C(=O)OCC.CCOC(=O)C(COC(C)=O)(CC(C)C)C(=O)OCC. The third-order valence-electron chi connectivity index (χ3n) is 11.0. The predicted octanol–water partition coefficient (Wildman–Crippen LogP) is 10.0. The molecule has 0 atom stereocenters. The third kappa shape index (κ3) is 33.0. The number of hydrogen-bond acceptors (Lipinski definition) is 20. The van der Waals surface area contributed by atoms with Gasteiger partial charge in [-0.05, 0) is 126 Å². The van der Waals surface area contributed by atoms with Gasteiger partial charge in [-0.1, -0.05) is 83.1 Å². The highest BCUT2D eigenvalue weighted by Crippen LogP contribution is 2.34. The summed E-state index contributed by atoms with van der Waals surface area (Å²) >= 11 is 0. The van der Waals surface area contributed by atoms with Gasteiger partial charge in [-0.3, -0.25) is 57.5 Å². The van der Waals surface area contributed by atoms with E-state index >= 15 is 0 Å². The quantitative estimate of drug-likeness (QED) is 0.0400. The van der Waals surface area contributed by atoms with E-state index in [0.717, 1.165) is 0 Å². The molecule has 0 aromatic heterocycles. The van der Waals surface area contributed by atoms with Crippen molar-refractivity contribution in [1.29, 1.82) is 0 Å². The molecule has 0 N–H and O–H groups in total. The molecule has 0 bridgehead atoms. The van der Waals surface area contributed by atoms with Crippen molar-refractivity contribution in [2.75, 3.05) is 52.9 Å². The Bertz CT molecular complexity index is 1760. The molecule has 0 saturated heterocycles. The van der Waals surface area contributed by atoms with Gasteiger partial charge in [0.1, 0.15) is 60.4 Å². The Morgan fingerprint density at radius 1 is 0.291 bits per heavy atom. The molecule has 20 heteroatoms. The molecular formula is C59H106O20. The van der Waals surface area contributed by atoms with E-state index in [1.807, 2.05) is 83.1 Å². The molecule has 0 aromatic carbocycles. The normalized spacial score (nSPS) is 11.1. The van der Waals surface area contributed by atoms with E-state index in [2.05, 4.69) is 0 Å². The molecule has 79 heavy (non-hydrogen) atoms. The topological polar surface area (TPSA) is 279 Å². The van der Waals surface area contributed by atoms with Gasteiger partial charge in [0, 0.05) is 20.8 Å². The number of esters is 8. The first kappa shape index (κ1) is 84.7. The minimum Gasteiger partial charge on any atom is -0.465 e. The van der Waals surface area contributed by atoms with Crippen molar-refractivity contribution in [2.45, 2.75) is 206 Å². The monoisotopic (exact) mass is 1130 g/mol. The van der Waals surface area contributed by atoms with E-state index in [1.165, 1.54) is 48.5 Å². The highest BCUT2D eigenvalue weighted by Gasteiger charge is 2.52. The summed E-state index contributed by atoms with van der Waals surface area (Å²) in [6, 6.07) is 0. The van der Waals surface area contributed by atoms with Crippen molar-refractivity contribution < 1.29 is 95.4 Å². The second-order valence-corrected chi connectivity index (χ2v) is 21.0. The molecule has 0 aromatic rings. The smallest absolute Gasteiger partial charge is 0.327 e. The van der Waals surface area contributed by atoms with Crippen molar-refractivity contribution >= 4 is 70.9 Å². The number of ketones is 4. The van der Waals surface area contributed by atoms with Gasteiger partial charge in [0.25, 0.3) is 0 Å². The molecule has 20 nitrogen and oxygen atoms in total. The van der Waals surface area contributed by atoms with Gasteiger partial charge in [0.15, 0.2) is 10.8 Å². The highest BCUT2D eigenvalue weighted by atomic mass is 16.6. The average Bonchev–Trinajstić information content (AvgIpc) is 3.32. The van der Waals surface area contributed by atoms with Crippen LogP contribution in [0.4, 0.5) is 0 Å². The maximum atomic E-state index is 12.5. The van der Waals surface area contributed by atoms with Gasteiger partial charge in [0.2, 0.25) is 0 Å². The zero-order chi connectivity index (χ0) is 63.9. The molecule has 0 radical (unpaired) electrons. The van der Waals surface area contributed by atoms with Crippen LogP contribution in [-0.4, -0.2) is 124 Å². The maximum absolute atomic E-state index is 12.5. The Morgan fingerprint density at radius 3 is 0.620 bits per heavy atom. The maximum Gasteiger partial charge on any atom is 0.327 e. The zero-order valence-corrected chi connectivity index (χ0v) is 53.5. The summed E-state index contributed by atoms with van der Waals surface area (Å²) in [6.07, 6.45) is 1.19. The lowest BCUT2D eigenvalue weighted by Crippen LogP contribution is -2.48. The van der Waals surface area contributed by atoms with E-state index in [9.17, 15) is 57.5 Å². The van der Waals surface area contributed by atoms with Gasteiger partial charge in [-0.15, -0.1) is 0 Å². The molecule has 0 saturated carbocycles. The van der Waals surface area contributed by atoms with E-state index in [-0.39, 0.29) is 113 Å². The van der Waals surface area contributed by atoms with Crippen LogP contribution >= 0.6 is 0 Å². The van der Waals surface area contributed by atoms with Gasteiger partial charge >= 0.3 is 47.8 Å². The Kier molecular flexibility index (Phi) is 46.4. The number of carbonyl (C=O) groups excluding carboxylic acids is 12. The number of rotatable bonds is 28. The number of carbonyl (C=O) groups is 12. The lowest BCUT2D eigenvalue weighted by Gasteiger charge is -2.31. The van der Waals surface area contributed by atoms with Crippen molar-refractivity contribution in [3.63, 3.8) is 0 Å². The number of Topliss-reactive ketones (excluding diaryl/α,β-unsaturated/α-hetero) is 4. The Balaban J connectivity index is -0.000000222. The first-order valence-electron chi connectivity index (χ1n) is 27.6. The highest BCUT2D eigenvalue weighted by molar-refractivity contribution is 6.06. The predicted molar refractivity (Wildman–Crippen MR) is 300 cm³/mol. The third-order valence-corrected chi connectivity index (χ3v) is 11.0. The molecule has 0 fully saturated rings. The summed E-state index contributed by atoms with van der Waals surface area (Å²) in [5.74, 6) is -5.42. The van der Waals surface area contributed by atoms with Crippen LogP contribution in [0, 0.1) is 50.7 Å². The van der Waals surface area contributed by atoms with E-state index < -0.39 is 74.8 Å². The van der Waals surface area contributed by atoms with Crippen molar-refractivity contribution in [2.24, 2.45) is 50.7 Å². The molecule has 0 rings (SSSR count). The summed E-state index contributed by atoms with van der Waals surface area (Å²) in [7, 11) is 0. The van der Waals surface area contributed by atoms with Gasteiger partial charge in [-0.2, -0.15) is 0 Å². The van der Waals surface area contributed by atoms with Gasteiger partial charge < -0.3 is 37.9 Å². The second kappa shape index (κ2) is 43.3. The minimum absolute atomic E-state index is 0.0113. The van der Waals surface area contributed by atoms with Crippen molar-refractivity contribution in [3.05, 3.63) is 0 Å². The van der Waals surface area contributed by atoms with Crippen LogP contribution in [0.2, 0.25) is 0 Å². The van der Waals surface area contributed by atoms with Crippen LogP contribution in [-0.2, 0) is 95.4 Å². The molecule has 0 amide bonds. The Labute approximate surface area is 474 Å². The van der Waals surface area contributed by atoms with Crippen LogP contribution < -0.4 is 0 Å². The fourth-order valence-corrected chi connectivity index (χ4v) is 7.39. The zero-order valence-electron chi connectivity index (χ0n) is 53.5. The Hall–Kier alpha value is -5.56. The van der Waals surface area contributed by atoms with Crippen LogP contribution in [0.25, 0.3) is 0 Å². The summed E-state index contributed by atoms with van der Waals surface area (Å²) < 4.78 is 39.9. The van der Waals surface area contributed by atoms with Crippen LogP contribution in [0.15, 0.2) is 0 Å². The van der Waals surface area contributed by atoms with Crippen LogP contribution in [0.3, 0.4) is 0 Å². The second-order valence-electron chi connectivity index (χ2n) is 21.0. The lowest BCUT2D eigenvalue weighted by atomic mass is 9.74. The van der Waals surface area contributed by atoms with E-state index in [4.69, 9.17) is 37.9 Å². The van der Waals surface area contributed by atoms with Crippen molar-refractivity contribution in [1.82, 2.24) is 0 Å². The first-order chi connectivity index (χ1) is 36.2. The molecule has 0 heterocycles. The fraction of sp³-hybridized carbons (Fsp3) is 0.797. The van der Waals surface area contributed by atoms with Gasteiger partial charge in [-0.25, -0.2) is 0 Å². The fourth-order valence-electron chi connectivity index (χ4n) is 7.39. The standard InChI is InChI=1S/C17H30O6.C14H24O6.2C12H20O4.2C2H6/c1-8-21-14(19)17(10-12(3)4,15(20)22-9-2)11-23-13(18)16(5,6)7;1-6-18-12(16)14(8-10(3)4,9-20-11(5)15)13(17)19-7-2;2*1-8(2)6-12(9(3)13,10(4)14)7-16-11(5)15;2*1-2/h12H,8-11H2,1-7H3;10H,6-9H2,1-5H3;2*8H,6-7H2,1-5H3;2*1-2H3. The summed E-state index contributed by atoms with van der Waals surface area (Å²) in [5.41, 5.74) is -6.28.